The van der Waals surface area contributed by atoms with Crippen LogP contribution in [-0.4, -0.2) is 28.6 Å². The van der Waals surface area contributed by atoms with Crippen molar-refractivity contribution in [2.75, 3.05) is 29.6 Å². The van der Waals surface area contributed by atoms with Crippen LogP contribution in [0.2, 0.25) is 0 Å². The number of nitrogens with two attached hydrogens (primary N) is 1. The van der Waals surface area contributed by atoms with Crippen molar-refractivity contribution < 1.29 is 4.92 Å². The van der Waals surface area contributed by atoms with Gasteiger partial charge in [0.15, 0.2) is 5.11 Å². The fourth-order valence-corrected chi connectivity index (χ4v) is 2.03. The number of nitro groups is 1. The SMILES string of the molecule is CSCCCNC(=S)Nc1ccc(N)c([N+](=O)[O-])c1. The van der Waals surface area contributed by atoms with Crippen molar-refractivity contribution in [3.8, 4) is 0 Å². The largest absolute Gasteiger partial charge is 0.393 e. The van der Waals surface area contributed by atoms with Gasteiger partial charge in [-0.15, -0.1) is 0 Å². The van der Waals surface area contributed by atoms with Gasteiger partial charge in [0, 0.05) is 18.3 Å². The molecule has 0 aliphatic rings. The average Bonchev–Trinajstić information content (AvgIpc) is 2.36. The van der Waals surface area contributed by atoms with Crippen LogP contribution in [0.5, 0.6) is 0 Å². The Bertz CT molecular complexity index is 468. The molecule has 1 aromatic carbocycles. The normalized spacial score (nSPS) is 9.95. The number of anilines is 2. The third kappa shape index (κ3) is 5.31. The molecule has 104 valence electrons. The molecule has 0 aliphatic heterocycles. The molecule has 1 aromatic rings. The highest BCUT2D eigenvalue weighted by Gasteiger charge is 2.12. The van der Waals surface area contributed by atoms with E-state index >= 15 is 0 Å². The first-order valence-corrected chi connectivity index (χ1v) is 7.42. The zero-order valence-electron chi connectivity index (χ0n) is 10.5. The molecule has 0 saturated heterocycles. The monoisotopic (exact) mass is 300 g/mol. The molecule has 0 unspecified atom stereocenters. The van der Waals surface area contributed by atoms with Gasteiger partial charge in [0.1, 0.15) is 5.69 Å². The van der Waals surface area contributed by atoms with Crippen molar-refractivity contribution in [3.05, 3.63) is 28.3 Å². The molecule has 0 spiro atoms. The smallest absolute Gasteiger partial charge is 0.294 e. The van der Waals surface area contributed by atoms with Crippen LogP contribution in [0, 0.1) is 10.1 Å². The van der Waals surface area contributed by atoms with Gasteiger partial charge in [0.25, 0.3) is 5.69 Å². The Hall–Kier alpha value is -1.54. The minimum absolute atomic E-state index is 0.129. The maximum absolute atomic E-state index is 10.8. The van der Waals surface area contributed by atoms with Crippen molar-refractivity contribution in [1.82, 2.24) is 5.32 Å². The van der Waals surface area contributed by atoms with Crippen LogP contribution in [0.4, 0.5) is 17.1 Å². The molecule has 0 saturated carbocycles. The number of benzene rings is 1. The van der Waals surface area contributed by atoms with E-state index in [4.69, 9.17) is 18.0 Å². The molecule has 0 heterocycles. The lowest BCUT2D eigenvalue weighted by Crippen LogP contribution is -2.29. The zero-order valence-corrected chi connectivity index (χ0v) is 12.1. The Kier molecular flexibility index (Phi) is 6.37. The quantitative estimate of drug-likeness (QED) is 0.244. The number of hydrogen-bond donors (Lipinski definition) is 3. The summed E-state index contributed by atoms with van der Waals surface area (Å²) < 4.78 is 0. The molecule has 0 aromatic heterocycles. The number of thioether (sulfide) groups is 1. The van der Waals surface area contributed by atoms with Gasteiger partial charge in [0.2, 0.25) is 0 Å². The molecule has 0 bridgehead atoms. The molecule has 0 atom stereocenters. The minimum atomic E-state index is -0.518. The first kappa shape index (κ1) is 15.5. The molecule has 1 rings (SSSR count). The van der Waals surface area contributed by atoms with Crippen LogP contribution >= 0.6 is 24.0 Å². The molecule has 0 fully saturated rings. The summed E-state index contributed by atoms with van der Waals surface area (Å²) in [7, 11) is 0. The Labute approximate surface area is 121 Å². The van der Waals surface area contributed by atoms with Gasteiger partial charge in [-0.2, -0.15) is 11.8 Å². The topological polar surface area (TPSA) is 93.2 Å². The summed E-state index contributed by atoms with van der Waals surface area (Å²) in [4.78, 5) is 10.2. The number of nitro benzene ring substituents is 1. The molecular weight excluding hydrogens is 284 g/mol. The molecule has 19 heavy (non-hydrogen) atoms. The van der Waals surface area contributed by atoms with Gasteiger partial charge in [-0.1, -0.05) is 0 Å². The highest BCUT2D eigenvalue weighted by molar-refractivity contribution is 7.98. The van der Waals surface area contributed by atoms with Crippen LogP contribution in [0.25, 0.3) is 0 Å². The van der Waals surface area contributed by atoms with Crippen molar-refractivity contribution >= 4 is 46.2 Å². The van der Waals surface area contributed by atoms with Gasteiger partial charge in [-0.05, 0) is 42.8 Å². The van der Waals surface area contributed by atoms with Gasteiger partial charge in [-0.25, -0.2) is 0 Å². The van der Waals surface area contributed by atoms with E-state index in [2.05, 4.69) is 10.6 Å². The maximum atomic E-state index is 10.8. The fraction of sp³-hybridized carbons (Fsp3) is 0.364. The second-order valence-electron chi connectivity index (χ2n) is 3.76. The molecule has 6 nitrogen and oxygen atoms in total. The van der Waals surface area contributed by atoms with E-state index in [0.717, 1.165) is 18.7 Å². The van der Waals surface area contributed by atoms with E-state index in [-0.39, 0.29) is 11.4 Å². The van der Waals surface area contributed by atoms with Crippen LogP contribution in [0.1, 0.15) is 6.42 Å². The van der Waals surface area contributed by atoms with E-state index < -0.39 is 4.92 Å². The molecular formula is C11H16N4O2S2. The van der Waals surface area contributed by atoms with Gasteiger partial charge >= 0.3 is 0 Å². The second kappa shape index (κ2) is 7.80. The number of thiocarbonyl (C=S) groups is 1. The predicted molar refractivity (Wildman–Crippen MR) is 84.7 cm³/mol. The number of nitrogen functional groups attached to an aromatic ring is 1. The van der Waals surface area contributed by atoms with Gasteiger partial charge in [-0.3, -0.25) is 10.1 Å². The van der Waals surface area contributed by atoms with E-state index in [9.17, 15) is 10.1 Å². The van der Waals surface area contributed by atoms with E-state index in [1.807, 2.05) is 6.26 Å². The lowest BCUT2D eigenvalue weighted by molar-refractivity contribution is -0.383. The lowest BCUT2D eigenvalue weighted by Gasteiger charge is -2.10. The Balaban J connectivity index is 2.55. The summed E-state index contributed by atoms with van der Waals surface area (Å²) in [5.74, 6) is 1.06. The standard InChI is InChI=1S/C11H16N4O2S2/c1-19-6-2-5-13-11(18)14-8-3-4-9(12)10(7-8)15(16)17/h3-4,7H,2,5-6,12H2,1H3,(H2,13,14,18). The summed E-state index contributed by atoms with van der Waals surface area (Å²) in [6.07, 6.45) is 3.05. The molecule has 8 heteroatoms. The third-order valence-corrected chi connectivity index (χ3v) is 3.24. The van der Waals surface area contributed by atoms with E-state index in [0.29, 0.717) is 10.8 Å². The highest BCUT2D eigenvalue weighted by Crippen LogP contribution is 2.24. The molecule has 0 radical (unpaired) electrons. The summed E-state index contributed by atoms with van der Waals surface area (Å²) >= 11 is 6.87. The predicted octanol–water partition coefficient (Wildman–Crippen LogP) is 2.22. The van der Waals surface area contributed by atoms with Crippen LogP contribution < -0.4 is 16.4 Å². The van der Waals surface area contributed by atoms with Crippen LogP contribution in [0.3, 0.4) is 0 Å². The number of nitrogens with zero attached hydrogens (tertiary/aromatic N) is 1. The summed E-state index contributed by atoms with van der Waals surface area (Å²) in [5.41, 5.74) is 6.06. The molecule has 0 amide bonds. The van der Waals surface area contributed by atoms with Gasteiger partial charge in [0.05, 0.1) is 4.92 Å². The van der Waals surface area contributed by atoms with Crippen LogP contribution in [0.15, 0.2) is 18.2 Å². The maximum Gasteiger partial charge on any atom is 0.294 e. The number of hydrogen-bond acceptors (Lipinski definition) is 5. The summed E-state index contributed by atoms with van der Waals surface area (Å²) in [6.45, 7) is 0.768. The van der Waals surface area contributed by atoms with Gasteiger partial charge < -0.3 is 16.4 Å². The molecule has 0 aliphatic carbocycles. The number of rotatable bonds is 6. The van der Waals surface area contributed by atoms with Crippen molar-refractivity contribution in [1.29, 1.82) is 0 Å². The lowest BCUT2D eigenvalue weighted by atomic mass is 10.2. The third-order valence-electron chi connectivity index (χ3n) is 2.30. The molecule has 4 N–H and O–H groups in total. The van der Waals surface area contributed by atoms with Crippen LogP contribution in [-0.2, 0) is 0 Å². The Morgan fingerprint density at radius 1 is 1.58 bits per heavy atom. The van der Waals surface area contributed by atoms with E-state index in [1.165, 1.54) is 12.1 Å². The first-order valence-electron chi connectivity index (χ1n) is 5.62. The number of nitrogens with one attached hydrogen (secondary N) is 2. The summed E-state index contributed by atoms with van der Waals surface area (Å²) in [6, 6.07) is 4.50. The first-order chi connectivity index (χ1) is 9.04. The van der Waals surface area contributed by atoms with Crippen molar-refractivity contribution in [2.24, 2.45) is 0 Å². The van der Waals surface area contributed by atoms with Crippen molar-refractivity contribution in [3.63, 3.8) is 0 Å². The Morgan fingerprint density at radius 2 is 2.32 bits per heavy atom. The van der Waals surface area contributed by atoms with E-state index in [1.54, 1.807) is 17.8 Å². The Morgan fingerprint density at radius 3 is 2.95 bits per heavy atom. The van der Waals surface area contributed by atoms with Crippen molar-refractivity contribution in [2.45, 2.75) is 6.42 Å². The zero-order chi connectivity index (χ0) is 14.3. The average molecular weight is 300 g/mol. The minimum Gasteiger partial charge on any atom is -0.393 e. The second-order valence-corrected chi connectivity index (χ2v) is 5.15. The highest BCUT2D eigenvalue weighted by atomic mass is 32.2. The fourth-order valence-electron chi connectivity index (χ4n) is 1.37. The summed E-state index contributed by atoms with van der Waals surface area (Å²) in [5, 5.41) is 17.1.